The van der Waals surface area contributed by atoms with Crippen LogP contribution < -0.4 is 16.1 Å². The molecular weight excluding hydrogens is 280 g/mol. The summed E-state index contributed by atoms with van der Waals surface area (Å²) in [7, 11) is -1.16. The minimum Gasteiger partial charge on any atom is -0.480 e. The van der Waals surface area contributed by atoms with Crippen molar-refractivity contribution in [1.82, 2.24) is 10.6 Å². The van der Waals surface area contributed by atoms with Crippen molar-refractivity contribution in [3.05, 3.63) is 0 Å². The number of hydrogen-bond donors (Lipinski definition) is 4. The number of aliphatic carboxylic acids is 1. The summed E-state index contributed by atoms with van der Waals surface area (Å²) in [5, 5.41) is 13.4. The van der Waals surface area contributed by atoms with Gasteiger partial charge in [0.1, 0.15) is 6.04 Å². The minimum absolute atomic E-state index is 0.109. The molecule has 0 aromatic carbocycles. The van der Waals surface area contributed by atoms with Crippen LogP contribution in [-0.4, -0.2) is 48.9 Å². The number of carbonyl (C=O) groups excluding carboxylic acids is 2. The van der Waals surface area contributed by atoms with Gasteiger partial charge >= 0.3 is 12.1 Å². The van der Waals surface area contributed by atoms with Crippen LogP contribution in [0, 0.1) is 0 Å². The number of carbonyl (C=O) groups is 3. The van der Waals surface area contributed by atoms with Crippen molar-refractivity contribution in [1.29, 1.82) is 0 Å². The molecule has 0 saturated carbocycles. The molecule has 0 aliphatic carbocycles. The van der Waals surface area contributed by atoms with Gasteiger partial charge in [0, 0.05) is 6.54 Å². The molecule has 0 aliphatic heterocycles. The van der Waals surface area contributed by atoms with Crippen LogP contribution in [0.25, 0.3) is 0 Å². The molecule has 110 valence electrons. The standard InChI is InChI=1S/C9H17FN3O5P/c1-18-9(17)13-6(8(15)16)3-2-4-12-7(14)5-19(10)11/h6H,2-5,11H2,1H3,(H,12,14)(H,13,17)(H,15,16). The Morgan fingerprint density at radius 3 is 2.58 bits per heavy atom. The Bertz CT molecular complexity index is 329. The van der Waals surface area contributed by atoms with E-state index >= 15 is 0 Å². The molecule has 0 fully saturated rings. The van der Waals surface area contributed by atoms with Crippen LogP contribution in [0.3, 0.4) is 0 Å². The average Bonchev–Trinajstić information content (AvgIpc) is 2.31. The number of halogens is 1. The first-order valence-corrected chi connectivity index (χ1v) is 6.87. The second-order valence-corrected chi connectivity index (χ2v) is 4.69. The highest BCUT2D eigenvalue weighted by molar-refractivity contribution is 7.50. The number of rotatable bonds is 8. The first-order valence-electron chi connectivity index (χ1n) is 5.38. The first kappa shape index (κ1) is 17.5. The molecular formula is C9H17FN3O5P. The predicted molar refractivity (Wildman–Crippen MR) is 66.3 cm³/mol. The lowest BCUT2D eigenvalue weighted by Gasteiger charge is -2.13. The Morgan fingerprint density at radius 2 is 2.11 bits per heavy atom. The van der Waals surface area contributed by atoms with E-state index in [1.54, 1.807) is 0 Å². The Morgan fingerprint density at radius 1 is 1.47 bits per heavy atom. The lowest BCUT2D eigenvalue weighted by molar-refractivity contribution is -0.139. The van der Waals surface area contributed by atoms with Gasteiger partial charge < -0.3 is 20.5 Å². The lowest BCUT2D eigenvalue weighted by Crippen LogP contribution is -2.41. The second-order valence-electron chi connectivity index (χ2n) is 3.58. The van der Waals surface area contributed by atoms with E-state index in [9.17, 15) is 18.6 Å². The molecule has 8 nitrogen and oxygen atoms in total. The van der Waals surface area contributed by atoms with Gasteiger partial charge in [-0.15, -0.1) is 0 Å². The summed E-state index contributed by atoms with van der Waals surface area (Å²) in [6, 6.07) is -1.10. The highest BCUT2D eigenvalue weighted by Crippen LogP contribution is 2.24. The number of hydrogen-bond acceptors (Lipinski definition) is 5. The number of nitrogens with one attached hydrogen (secondary N) is 2. The molecule has 0 aromatic rings. The smallest absolute Gasteiger partial charge is 0.407 e. The number of carboxylic acid groups (broad SMARTS) is 1. The lowest BCUT2D eigenvalue weighted by atomic mass is 10.1. The molecule has 0 aromatic heterocycles. The second kappa shape index (κ2) is 9.46. The van der Waals surface area contributed by atoms with Gasteiger partial charge in [-0.1, -0.05) is 0 Å². The molecule has 2 unspecified atom stereocenters. The first-order chi connectivity index (χ1) is 8.86. The molecule has 0 saturated heterocycles. The summed E-state index contributed by atoms with van der Waals surface area (Å²) in [6.07, 6.45) is -0.806. The average molecular weight is 297 g/mol. The van der Waals surface area contributed by atoms with Crippen LogP contribution in [0.1, 0.15) is 12.8 Å². The van der Waals surface area contributed by atoms with E-state index in [1.165, 1.54) is 0 Å². The topological polar surface area (TPSA) is 131 Å². The highest BCUT2D eigenvalue weighted by atomic mass is 31.2. The summed E-state index contributed by atoms with van der Waals surface area (Å²) in [5.74, 6) is -1.73. The number of alkyl carbamates (subject to hydrolysis) is 1. The SMILES string of the molecule is COC(=O)NC(CCCNC(=O)CP(N)F)C(=O)O. The maximum Gasteiger partial charge on any atom is 0.407 e. The van der Waals surface area contributed by atoms with Crippen LogP contribution >= 0.6 is 8.38 Å². The van der Waals surface area contributed by atoms with Gasteiger partial charge in [0.05, 0.1) is 13.3 Å². The zero-order chi connectivity index (χ0) is 14.8. The number of nitrogens with two attached hydrogens (primary N) is 1. The molecule has 0 heterocycles. The van der Waals surface area contributed by atoms with Crippen LogP contribution in [0.4, 0.5) is 8.99 Å². The summed E-state index contributed by atoms with van der Waals surface area (Å²) in [6.45, 7) is 0.175. The van der Waals surface area contributed by atoms with Gasteiger partial charge in [0.2, 0.25) is 5.91 Å². The van der Waals surface area contributed by atoms with Gasteiger partial charge in [-0.3, -0.25) is 10.3 Å². The Hall–Kier alpha value is -1.47. The number of carboxylic acids is 1. The van der Waals surface area contributed by atoms with E-state index in [2.05, 4.69) is 15.4 Å². The van der Waals surface area contributed by atoms with Gasteiger partial charge in [-0.25, -0.2) is 13.8 Å². The minimum atomic E-state index is -2.28. The molecule has 5 N–H and O–H groups in total. The fourth-order valence-corrected chi connectivity index (χ4v) is 1.57. The molecule has 2 amide bonds. The maximum atomic E-state index is 12.3. The van der Waals surface area contributed by atoms with Gasteiger partial charge in [-0.2, -0.15) is 0 Å². The maximum absolute atomic E-state index is 12.3. The Balaban J connectivity index is 3.91. The quantitative estimate of drug-likeness (QED) is 0.366. The Labute approximate surface area is 110 Å². The third kappa shape index (κ3) is 9.15. The van der Waals surface area contributed by atoms with Crippen LogP contribution in [0.15, 0.2) is 0 Å². The van der Waals surface area contributed by atoms with E-state index < -0.39 is 32.4 Å². The summed E-state index contributed by atoms with van der Waals surface area (Å²) in [4.78, 5) is 32.7. The van der Waals surface area contributed by atoms with E-state index in [0.717, 1.165) is 7.11 Å². The number of amides is 2. The number of methoxy groups -OCH3 is 1. The van der Waals surface area contributed by atoms with Crippen LogP contribution in [0.2, 0.25) is 0 Å². The van der Waals surface area contributed by atoms with E-state index in [4.69, 9.17) is 10.6 Å². The molecule has 0 aliphatic rings. The van der Waals surface area contributed by atoms with Gasteiger partial charge in [0.25, 0.3) is 0 Å². The molecule has 19 heavy (non-hydrogen) atoms. The van der Waals surface area contributed by atoms with Crippen LogP contribution in [0.5, 0.6) is 0 Å². The van der Waals surface area contributed by atoms with Crippen molar-refractivity contribution >= 4 is 26.4 Å². The monoisotopic (exact) mass is 297 g/mol. The Kier molecular flexibility index (Phi) is 8.73. The zero-order valence-electron chi connectivity index (χ0n) is 10.4. The van der Waals surface area contributed by atoms with Crippen molar-refractivity contribution < 1.29 is 28.4 Å². The molecule has 10 heteroatoms. The summed E-state index contributed by atoms with van der Waals surface area (Å²) < 4.78 is 16.6. The van der Waals surface area contributed by atoms with E-state index in [-0.39, 0.29) is 19.1 Å². The van der Waals surface area contributed by atoms with Crippen molar-refractivity contribution in [3.8, 4) is 0 Å². The fraction of sp³-hybridized carbons (Fsp3) is 0.667. The number of ether oxygens (including phenoxy) is 1. The van der Waals surface area contributed by atoms with E-state index in [0.29, 0.717) is 6.42 Å². The van der Waals surface area contributed by atoms with Gasteiger partial charge in [-0.05, 0) is 12.8 Å². The normalized spacial score (nSPS) is 13.2. The molecule has 0 bridgehead atoms. The van der Waals surface area contributed by atoms with Gasteiger partial charge in [0.15, 0.2) is 8.38 Å². The zero-order valence-corrected chi connectivity index (χ0v) is 11.3. The molecule has 2 atom stereocenters. The summed E-state index contributed by atoms with van der Waals surface area (Å²) >= 11 is 0. The highest BCUT2D eigenvalue weighted by Gasteiger charge is 2.19. The van der Waals surface area contributed by atoms with Crippen molar-refractivity contribution in [2.75, 3.05) is 19.8 Å². The fourth-order valence-electron chi connectivity index (χ4n) is 1.19. The third-order valence-electron chi connectivity index (χ3n) is 2.06. The summed E-state index contributed by atoms with van der Waals surface area (Å²) in [5.41, 5.74) is 4.85. The predicted octanol–water partition coefficient (Wildman–Crippen LogP) is -0.0679. The van der Waals surface area contributed by atoms with Crippen molar-refractivity contribution in [3.63, 3.8) is 0 Å². The van der Waals surface area contributed by atoms with Crippen LogP contribution in [-0.2, 0) is 14.3 Å². The van der Waals surface area contributed by atoms with Crippen molar-refractivity contribution in [2.24, 2.45) is 5.50 Å². The molecule has 0 spiro atoms. The van der Waals surface area contributed by atoms with E-state index in [1.807, 2.05) is 0 Å². The molecule has 0 radical (unpaired) electrons. The van der Waals surface area contributed by atoms with Crippen molar-refractivity contribution in [2.45, 2.75) is 18.9 Å². The largest absolute Gasteiger partial charge is 0.480 e. The molecule has 0 rings (SSSR count). The third-order valence-corrected chi connectivity index (χ3v) is 2.65.